The summed E-state index contributed by atoms with van der Waals surface area (Å²) in [5.74, 6) is -0.0257. The van der Waals surface area contributed by atoms with Gasteiger partial charge >= 0.3 is 6.18 Å². The van der Waals surface area contributed by atoms with Crippen LogP contribution < -0.4 is 0 Å². The molecule has 1 unspecified atom stereocenters. The molecule has 0 radical (unpaired) electrons. The third-order valence-electron chi connectivity index (χ3n) is 3.70. The molecule has 1 N–H and O–H groups in total. The zero-order chi connectivity index (χ0) is 17.3. The maximum atomic E-state index is 12.1. The maximum Gasteiger partial charge on any atom is 0.422 e. The highest BCUT2D eigenvalue weighted by Crippen LogP contribution is 2.36. The lowest BCUT2D eigenvalue weighted by molar-refractivity contribution is -0.249. The minimum Gasteiger partial charge on any atom is -0.469 e. The molecule has 0 amide bonds. The van der Waals surface area contributed by atoms with Gasteiger partial charge in [-0.1, -0.05) is 5.16 Å². The summed E-state index contributed by atoms with van der Waals surface area (Å²) in [5, 5.41) is 13.7. The van der Waals surface area contributed by atoms with Crippen molar-refractivity contribution in [3.05, 3.63) is 0 Å². The zero-order valence-corrected chi connectivity index (χ0v) is 13.5. The first-order valence-electron chi connectivity index (χ1n) is 7.53. The summed E-state index contributed by atoms with van der Waals surface area (Å²) in [7, 11) is 0. The van der Waals surface area contributed by atoms with E-state index in [1.54, 1.807) is 4.90 Å². The molecule has 1 fully saturated rings. The van der Waals surface area contributed by atoms with Crippen molar-refractivity contribution in [3.63, 3.8) is 0 Å². The molecular weight excluding hydrogens is 317 g/mol. The molecule has 0 aromatic heterocycles. The molecule has 9 heteroatoms. The summed E-state index contributed by atoms with van der Waals surface area (Å²) < 4.78 is 46.6. The number of aliphatic hydroxyl groups is 1. The topological polar surface area (TPSA) is 63.5 Å². The van der Waals surface area contributed by atoms with Crippen molar-refractivity contribution in [1.29, 1.82) is 0 Å². The number of alkyl halides is 3. The Hall–Kier alpha value is -1.06. The number of halogens is 3. The average molecular weight is 340 g/mol. The Kier molecular flexibility index (Phi) is 5.12. The number of piperidine rings is 1. The van der Waals surface area contributed by atoms with Gasteiger partial charge in [-0.15, -0.1) is 0 Å². The predicted molar refractivity (Wildman–Crippen MR) is 75.5 cm³/mol. The van der Waals surface area contributed by atoms with E-state index in [2.05, 4.69) is 9.89 Å². The van der Waals surface area contributed by atoms with Crippen LogP contribution in [0, 0.1) is 0 Å². The molecule has 2 rings (SSSR count). The van der Waals surface area contributed by atoms with Crippen LogP contribution in [0.1, 0.15) is 40.0 Å². The Morgan fingerprint density at radius 3 is 2.43 bits per heavy atom. The van der Waals surface area contributed by atoms with Crippen LogP contribution in [0.2, 0.25) is 0 Å². The van der Waals surface area contributed by atoms with Gasteiger partial charge in [-0.25, -0.2) is 0 Å². The minimum atomic E-state index is -4.39. The van der Waals surface area contributed by atoms with Crippen molar-refractivity contribution in [1.82, 2.24) is 4.90 Å². The van der Waals surface area contributed by atoms with Gasteiger partial charge in [0.05, 0.1) is 12.0 Å². The van der Waals surface area contributed by atoms with Crippen LogP contribution in [-0.4, -0.2) is 59.4 Å². The fourth-order valence-corrected chi connectivity index (χ4v) is 2.54. The molecule has 134 valence electrons. The fourth-order valence-electron chi connectivity index (χ4n) is 2.54. The summed E-state index contributed by atoms with van der Waals surface area (Å²) in [6, 6.07) is 0. The Morgan fingerprint density at radius 1 is 1.30 bits per heavy atom. The fraction of sp³-hybridized carbons (Fsp3) is 0.929. The van der Waals surface area contributed by atoms with E-state index in [9.17, 15) is 18.3 Å². The van der Waals surface area contributed by atoms with E-state index in [1.807, 2.05) is 20.8 Å². The molecule has 2 heterocycles. The van der Waals surface area contributed by atoms with Gasteiger partial charge in [-0.2, -0.15) is 13.2 Å². The van der Waals surface area contributed by atoms with E-state index < -0.39 is 30.4 Å². The maximum absolute atomic E-state index is 12.1. The molecule has 0 aromatic carbocycles. The highest BCUT2D eigenvalue weighted by atomic mass is 19.4. The summed E-state index contributed by atoms with van der Waals surface area (Å²) in [6.07, 6.45) is -4.14. The normalized spacial score (nSPS) is 23.5. The first-order valence-corrected chi connectivity index (χ1v) is 7.53. The van der Waals surface area contributed by atoms with Crippen LogP contribution in [0.25, 0.3) is 0 Å². The van der Waals surface area contributed by atoms with Gasteiger partial charge in [0.1, 0.15) is 5.60 Å². The quantitative estimate of drug-likeness (QED) is 0.798. The molecule has 0 saturated carbocycles. The molecule has 1 saturated heterocycles. The van der Waals surface area contributed by atoms with E-state index in [4.69, 9.17) is 9.57 Å². The Balaban J connectivity index is 1.79. The molecule has 23 heavy (non-hydrogen) atoms. The summed E-state index contributed by atoms with van der Waals surface area (Å²) >= 11 is 0. The second kappa shape index (κ2) is 6.45. The highest BCUT2D eigenvalue weighted by Gasteiger charge is 2.45. The largest absolute Gasteiger partial charge is 0.469 e. The number of likely N-dealkylation sites (tertiary alicyclic amines) is 1. The Morgan fingerprint density at radius 2 is 1.91 bits per heavy atom. The molecule has 2 aliphatic rings. The monoisotopic (exact) mass is 340 g/mol. The smallest absolute Gasteiger partial charge is 0.422 e. The van der Waals surface area contributed by atoms with Gasteiger partial charge in [0.15, 0.2) is 6.61 Å². The average Bonchev–Trinajstić information content (AvgIpc) is 2.78. The van der Waals surface area contributed by atoms with Crippen molar-refractivity contribution in [2.45, 2.75) is 63.8 Å². The number of aliphatic hydroxyl groups excluding tert-OH is 1. The number of oxime groups is 1. The number of ether oxygens (including phenoxy) is 2. The summed E-state index contributed by atoms with van der Waals surface area (Å²) in [6.45, 7) is 5.17. The van der Waals surface area contributed by atoms with Gasteiger partial charge in [0, 0.05) is 25.9 Å². The number of nitrogens with zero attached hydrogens (tertiary/aromatic N) is 2. The zero-order valence-electron chi connectivity index (χ0n) is 13.5. The van der Waals surface area contributed by atoms with Crippen molar-refractivity contribution in [2.24, 2.45) is 5.16 Å². The van der Waals surface area contributed by atoms with E-state index in [0.717, 1.165) is 0 Å². The molecule has 1 atom stereocenters. The molecule has 0 aliphatic carbocycles. The lowest BCUT2D eigenvalue weighted by Crippen LogP contribution is -2.50. The first-order chi connectivity index (χ1) is 10.5. The SMILES string of the molecule is CC(C)(C)OC(O)N1CCC2(CC1)CC(OCC(F)(F)F)=NO2. The Bertz CT molecular complexity index is 440. The van der Waals surface area contributed by atoms with Crippen LogP contribution in [-0.2, 0) is 14.3 Å². The van der Waals surface area contributed by atoms with Crippen LogP contribution in [0.4, 0.5) is 13.2 Å². The van der Waals surface area contributed by atoms with E-state index in [-0.39, 0.29) is 12.3 Å². The second-order valence-corrected chi connectivity index (χ2v) is 6.93. The standard InChI is InChI=1S/C14H23F3N2O4/c1-12(2,3)22-11(20)19-6-4-13(5-7-19)8-10(18-23-13)21-9-14(15,16)17/h11,20H,4-9H2,1-3H3. The lowest BCUT2D eigenvalue weighted by Gasteiger charge is -2.40. The Labute approximate surface area is 133 Å². The predicted octanol–water partition coefficient (Wildman–Crippen LogP) is 2.22. The molecule has 1 spiro atoms. The van der Waals surface area contributed by atoms with E-state index in [0.29, 0.717) is 25.9 Å². The first kappa shape index (κ1) is 18.3. The van der Waals surface area contributed by atoms with Crippen LogP contribution >= 0.6 is 0 Å². The van der Waals surface area contributed by atoms with Crippen molar-refractivity contribution in [2.75, 3.05) is 19.7 Å². The molecule has 0 aromatic rings. The van der Waals surface area contributed by atoms with Gasteiger partial charge in [0.25, 0.3) is 0 Å². The molecule has 2 aliphatic heterocycles. The van der Waals surface area contributed by atoms with Gasteiger partial charge < -0.3 is 19.4 Å². The number of hydrogen-bond donors (Lipinski definition) is 1. The van der Waals surface area contributed by atoms with E-state index >= 15 is 0 Å². The number of rotatable bonds is 3. The molecular formula is C14H23F3N2O4. The third kappa shape index (κ3) is 5.50. The highest BCUT2D eigenvalue weighted by molar-refractivity contribution is 5.78. The van der Waals surface area contributed by atoms with Crippen LogP contribution in [0.15, 0.2) is 5.16 Å². The summed E-state index contributed by atoms with van der Waals surface area (Å²) in [5.41, 5.74) is -1.11. The van der Waals surface area contributed by atoms with Crippen LogP contribution in [0.5, 0.6) is 0 Å². The number of hydrogen-bond acceptors (Lipinski definition) is 6. The van der Waals surface area contributed by atoms with Crippen molar-refractivity contribution < 1.29 is 32.6 Å². The third-order valence-corrected chi connectivity index (χ3v) is 3.70. The minimum absolute atomic E-state index is 0.0257. The van der Waals surface area contributed by atoms with Crippen molar-refractivity contribution >= 4 is 5.90 Å². The van der Waals surface area contributed by atoms with Gasteiger partial charge in [0.2, 0.25) is 12.3 Å². The van der Waals surface area contributed by atoms with Crippen LogP contribution in [0.3, 0.4) is 0 Å². The van der Waals surface area contributed by atoms with Gasteiger partial charge in [-0.3, -0.25) is 4.90 Å². The molecule has 0 bridgehead atoms. The second-order valence-electron chi connectivity index (χ2n) is 6.93. The summed E-state index contributed by atoms with van der Waals surface area (Å²) in [4.78, 5) is 7.09. The van der Waals surface area contributed by atoms with Gasteiger partial charge in [-0.05, 0) is 20.8 Å². The van der Waals surface area contributed by atoms with E-state index in [1.165, 1.54) is 0 Å². The lowest BCUT2D eigenvalue weighted by atomic mass is 9.88. The van der Waals surface area contributed by atoms with Crippen molar-refractivity contribution in [3.8, 4) is 0 Å². The molecule has 6 nitrogen and oxygen atoms in total.